The molecule has 2 aromatic carbocycles. The van der Waals surface area contributed by atoms with Gasteiger partial charge in [0.2, 0.25) is 0 Å². The molecule has 5 nitrogen and oxygen atoms in total. The fourth-order valence-corrected chi connectivity index (χ4v) is 5.31. The lowest BCUT2D eigenvalue weighted by molar-refractivity contribution is -0.140. The fourth-order valence-electron chi connectivity index (χ4n) is 4.61. The van der Waals surface area contributed by atoms with E-state index in [4.69, 9.17) is 16.3 Å². The molecule has 1 aliphatic heterocycles. The number of hydrazone groups is 1. The molecule has 30 heavy (non-hydrogen) atoms. The van der Waals surface area contributed by atoms with Crippen LogP contribution in [-0.2, 0) is 16.2 Å². The topological polar surface area (TPSA) is 59.0 Å². The molecule has 0 radical (unpaired) electrons. The van der Waals surface area contributed by atoms with Gasteiger partial charge in [0.25, 0.3) is 11.8 Å². The van der Waals surface area contributed by atoms with Crippen LogP contribution >= 0.6 is 27.5 Å². The number of imide groups is 1. The SMILES string of the molecule is O=C1C2C3C=CC(C3)C2C(=O)N1N=Cc1ccc(OCc2ccccc2Cl)c(Br)c1. The summed E-state index contributed by atoms with van der Waals surface area (Å²) in [4.78, 5) is 25.4. The zero-order chi connectivity index (χ0) is 20.8. The third-order valence-electron chi connectivity index (χ3n) is 6.07. The number of carbonyl (C=O) groups excluding carboxylic acids is 2. The highest BCUT2D eigenvalue weighted by atomic mass is 79.9. The number of nitrogens with zero attached hydrogens (tertiary/aromatic N) is 2. The molecule has 1 saturated carbocycles. The van der Waals surface area contributed by atoms with Crippen molar-refractivity contribution in [1.29, 1.82) is 0 Å². The van der Waals surface area contributed by atoms with E-state index in [9.17, 15) is 9.59 Å². The van der Waals surface area contributed by atoms with E-state index in [0.29, 0.717) is 17.4 Å². The molecular weight excluding hydrogens is 468 g/mol. The lowest BCUT2D eigenvalue weighted by atomic mass is 9.85. The lowest BCUT2D eigenvalue weighted by Crippen LogP contribution is -2.28. The second-order valence-corrected chi connectivity index (χ2v) is 9.06. The van der Waals surface area contributed by atoms with E-state index in [1.54, 1.807) is 0 Å². The number of hydrogen-bond acceptors (Lipinski definition) is 4. The van der Waals surface area contributed by atoms with Crippen LogP contribution in [-0.4, -0.2) is 23.0 Å². The number of ether oxygens (including phenoxy) is 1. The molecule has 152 valence electrons. The summed E-state index contributed by atoms with van der Waals surface area (Å²) in [6.07, 6.45) is 6.59. The summed E-state index contributed by atoms with van der Waals surface area (Å²) in [6.45, 7) is 0.349. The first-order valence-electron chi connectivity index (χ1n) is 9.79. The Bertz CT molecular complexity index is 1070. The molecule has 2 fully saturated rings. The average Bonchev–Trinajstić information content (AvgIpc) is 3.41. The van der Waals surface area contributed by atoms with Gasteiger partial charge in [0.05, 0.1) is 22.5 Å². The van der Waals surface area contributed by atoms with Gasteiger partial charge in [0.1, 0.15) is 12.4 Å². The molecule has 1 saturated heterocycles. The summed E-state index contributed by atoms with van der Waals surface area (Å²) in [6, 6.07) is 13.0. The number of halogens is 2. The number of rotatable bonds is 5. The van der Waals surface area contributed by atoms with Crippen LogP contribution in [0.5, 0.6) is 5.75 Å². The molecule has 2 bridgehead atoms. The Morgan fingerprint density at radius 2 is 1.80 bits per heavy atom. The third kappa shape index (κ3) is 3.28. The number of hydrogen-bond donors (Lipinski definition) is 0. The van der Waals surface area contributed by atoms with Crippen LogP contribution in [0.3, 0.4) is 0 Å². The van der Waals surface area contributed by atoms with Gasteiger partial charge in [-0.25, -0.2) is 0 Å². The predicted octanol–water partition coefficient (Wildman–Crippen LogP) is 4.82. The van der Waals surface area contributed by atoms with Crippen LogP contribution in [0, 0.1) is 23.7 Å². The number of allylic oxidation sites excluding steroid dienone is 2. The summed E-state index contributed by atoms with van der Waals surface area (Å²) in [5, 5.41) is 5.92. The van der Waals surface area contributed by atoms with Crippen LogP contribution in [0.25, 0.3) is 0 Å². The zero-order valence-corrected chi connectivity index (χ0v) is 18.2. The summed E-state index contributed by atoms with van der Waals surface area (Å²) < 4.78 is 6.60. The van der Waals surface area contributed by atoms with Crippen molar-refractivity contribution >= 4 is 45.6 Å². The van der Waals surface area contributed by atoms with Gasteiger partial charge in [-0.3, -0.25) is 9.59 Å². The smallest absolute Gasteiger partial charge is 0.254 e. The van der Waals surface area contributed by atoms with Crippen molar-refractivity contribution in [1.82, 2.24) is 5.01 Å². The molecule has 4 unspecified atom stereocenters. The van der Waals surface area contributed by atoms with Gasteiger partial charge < -0.3 is 4.74 Å². The second kappa shape index (κ2) is 7.67. The molecule has 7 heteroatoms. The van der Waals surface area contributed by atoms with Crippen LogP contribution in [0.2, 0.25) is 5.02 Å². The minimum Gasteiger partial charge on any atom is -0.488 e. The molecule has 0 spiro atoms. The Kier molecular flexibility index (Phi) is 4.99. The first-order valence-corrected chi connectivity index (χ1v) is 11.0. The maximum absolute atomic E-state index is 12.7. The number of carbonyl (C=O) groups is 2. The molecule has 2 aliphatic carbocycles. The highest BCUT2D eigenvalue weighted by molar-refractivity contribution is 9.10. The Labute approximate surface area is 187 Å². The Morgan fingerprint density at radius 1 is 1.10 bits per heavy atom. The molecule has 0 N–H and O–H groups in total. The Balaban J connectivity index is 1.27. The number of fused-ring (bicyclic) bond motifs is 5. The fraction of sp³-hybridized carbons (Fsp3) is 0.261. The summed E-state index contributed by atoms with van der Waals surface area (Å²) >= 11 is 9.67. The Hall–Kier alpha value is -2.44. The summed E-state index contributed by atoms with van der Waals surface area (Å²) in [7, 11) is 0. The number of amides is 2. The van der Waals surface area contributed by atoms with Gasteiger partial charge in [0, 0.05) is 10.6 Å². The van der Waals surface area contributed by atoms with Crippen LogP contribution in [0.4, 0.5) is 0 Å². The highest BCUT2D eigenvalue weighted by Crippen LogP contribution is 2.52. The molecular formula is C23H18BrClN2O3. The highest BCUT2D eigenvalue weighted by Gasteiger charge is 2.59. The van der Waals surface area contributed by atoms with Crippen LogP contribution in [0.1, 0.15) is 17.5 Å². The van der Waals surface area contributed by atoms with E-state index < -0.39 is 0 Å². The molecule has 3 aliphatic rings. The van der Waals surface area contributed by atoms with Gasteiger partial charge in [-0.05, 0) is 64.0 Å². The van der Waals surface area contributed by atoms with E-state index in [-0.39, 0.29) is 35.5 Å². The Morgan fingerprint density at radius 3 is 2.47 bits per heavy atom. The van der Waals surface area contributed by atoms with Crippen molar-refractivity contribution in [2.45, 2.75) is 13.0 Å². The van der Waals surface area contributed by atoms with Gasteiger partial charge in [-0.2, -0.15) is 10.1 Å². The maximum atomic E-state index is 12.7. The number of benzene rings is 2. The minimum absolute atomic E-state index is 0.181. The van der Waals surface area contributed by atoms with E-state index in [1.807, 2.05) is 42.5 Å². The van der Waals surface area contributed by atoms with Crippen molar-refractivity contribution in [3.63, 3.8) is 0 Å². The van der Waals surface area contributed by atoms with Gasteiger partial charge in [-0.15, -0.1) is 0 Å². The summed E-state index contributed by atoms with van der Waals surface area (Å²) in [5.74, 6) is 0.181. The largest absolute Gasteiger partial charge is 0.488 e. The molecule has 1 heterocycles. The van der Waals surface area contributed by atoms with E-state index >= 15 is 0 Å². The second-order valence-electron chi connectivity index (χ2n) is 7.80. The normalized spacial score (nSPS) is 26.8. The molecule has 4 atom stereocenters. The molecule has 0 aromatic heterocycles. The van der Waals surface area contributed by atoms with Crippen molar-refractivity contribution in [2.75, 3.05) is 0 Å². The minimum atomic E-state index is -0.239. The zero-order valence-electron chi connectivity index (χ0n) is 15.9. The lowest BCUT2D eigenvalue weighted by Gasteiger charge is -2.13. The predicted molar refractivity (Wildman–Crippen MR) is 117 cm³/mol. The first-order chi connectivity index (χ1) is 14.5. The monoisotopic (exact) mass is 484 g/mol. The molecule has 2 amide bonds. The third-order valence-corrected chi connectivity index (χ3v) is 7.05. The van der Waals surface area contributed by atoms with Crippen molar-refractivity contribution in [2.24, 2.45) is 28.8 Å². The van der Waals surface area contributed by atoms with Crippen molar-refractivity contribution in [3.8, 4) is 5.75 Å². The van der Waals surface area contributed by atoms with E-state index in [0.717, 1.165) is 27.0 Å². The van der Waals surface area contributed by atoms with Crippen molar-refractivity contribution < 1.29 is 14.3 Å². The van der Waals surface area contributed by atoms with Gasteiger partial charge in [-0.1, -0.05) is 42.0 Å². The van der Waals surface area contributed by atoms with Gasteiger partial charge in [0.15, 0.2) is 0 Å². The van der Waals surface area contributed by atoms with Crippen LogP contribution < -0.4 is 4.74 Å². The summed E-state index contributed by atoms with van der Waals surface area (Å²) in [5.41, 5.74) is 1.66. The van der Waals surface area contributed by atoms with E-state index in [1.165, 1.54) is 6.21 Å². The van der Waals surface area contributed by atoms with Gasteiger partial charge >= 0.3 is 0 Å². The first kappa shape index (κ1) is 19.5. The molecule has 2 aromatic rings. The van der Waals surface area contributed by atoms with E-state index in [2.05, 4.69) is 33.2 Å². The molecule has 5 rings (SSSR count). The maximum Gasteiger partial charge on any atom is 0.254 e. The average molecular weight is 486 g/mol. The van der Waals surface area contributed by atoms with Crippen LogP contribution in [0.15, 0.2) is 64.2 Å². The standard InChI is InChI=1S/C23H18BrClN2O3/c24-17-9-13(5-8-19(17)30-12-16-3-1-2-4-18(16)25)11-26-27-22(28)20-14-6-7-15(10-14)21(20)23(27)29/h1-9,11,14-15,20-21H,10,12H2. The van der Waals surface area contributed by atoms with Crippen molar-refractivity contribution in [3.05, 3.63) is 75.2 Å². The quantitative estimate of drug-likeness (QED) is 0.346.